The van der Waals surface area contributed by atoms with E-state index in [2.05, 4.69) is 11.8 Å². The van der Waals surface area contributed by atoms with E-state index in [1.807, 2.05) is 0 Å². The number of ether oxygens (including phenoxy) is 2. The van der Waals surface area contributed by atoms with Gasteiger partial charge in [0.2, 0.25) is 0 Å². The number of likely N-dealkylation sites (tertiary alicyclic amines) is 1. The molecule has 0 unspecified atom stereocenters. The van der Waals surface area contributed by atoms with Crippen molar-refractivity contribution in [1.29, 1.82) is 0 Å². The molecule has 0 saturated carbocycles. The second-order valence-corrected chi connectivity index (χ2v) is 5.98. The van der Waals surface area contributed by atoms with Gasteiger partial charge in [0, 0.05) is 12.2 Å². The van der Waals surface area contributed by atoms with Crippen LogP contribution in [0.3, 0.4) is 0 Å². The van der Waals surface area contributed by atoms with Crippen LogP contribution in [-0.2, 0) is 19.1 Å². The van der Waals surface area contributed by atoms with Crippen molar-refractivity contribution < 1.29 is 19.1 Å². The molecule has 132 valence electrons. The molecule has 0 aliphatic carbocycles. The van der Waals surface area contributed by atoms with Gasteiger partial charge in [0.1, 0.15) is 0 Å². The van der Waals surface area contributed by atoms with Crippen LogP contribution in [0, 0.1) is 0 Å². The molecule has 0 N–H and O–H groups in total. The molecule has 0 bridgehead atoms. The fraction of sp³-hybridized carbons (Fsp3) is 0.778. The van der Waals surface area contributed by atoms with Crippen molar-refractivity contribution in [2.75, 3.05) is 32.8 Å². The first-order chi connectivity index (χ1) is 11.2. The van der Waals surface area contributed by atoms with Crippen LogP contribution in [0.2, 0.25) is 0 Å². The van der Waals surface area contributed by atoms with Gasteiger partial charge in [-0.3, -0.25) is 0 Å². The molecule has 0 aromatic carbocycles. The normalized spacial score (nSPS) is 15.7. The lowest BCUT2D eigenvalue weighted by Gasteiger charge is -2.26. The highest BCUT2D eigenvalue weighted by molar-refractivity contribution is 5.91. The van der Waals surface area contributed by atoms with Gasteiger partial charge in [-0.05, 0) is 51.7 Å². The fourth-order valence-corrected chi connectivity index (χ4v) is 2.55. The van der Waals surface area contributed by atoms with Gasteiger partial charge in [-0.15, -0.1) is 0 Å². The summed E-state index contributed by atoms with van der Waals surface area (Å²) in [6.45, 7) is 6.37. The van der Waals surface area contributed by atoms with Crippen LogP contribution < -0.4 is 0 Å². The third-order valence-electron chi connectivity index (χ3n) is 3.91. The largest absolute Gasteiger partial charge is 0.463 e. The van der Waals surface area contributed by atoms with Crippen LogP contribution in [0.5, 0.6) is 0 Å². The maximum atomic E-state index is 11.5. The number of esters is 2. The van der Waals surface area contributed by atoms with Crippen molar-refractivity contribution >= 4 is 11.9 Å². The summed E-state index contributed by atoms with van der Waals surface area (Å²) in [5.41, 5.74) is 0. The third-order valence-corrected chi connectivity index (χ3v) is 3.91. The first kappa shape index (κ1) is 19.7. The average Bonchev–Trinajstić information content (AvgIpc) is 2.57. The summed E-state index contributed by atoms with van der Waals surface area (Å²) in [6, 6.07) is 0. The molecule has 1 saturated heterocycles. The van der Waals surface area contributed by atoms with Crippen molar-refractivity contribution in [2.24, 2.45) is 0 Å². The van der Waals surface area contributed by atoms with Crippen LogP contribution >= 0.6 is 0 Å². The minimum absolute atomic E-state index is 0.405. The van der Waals surface area contributed by atoms with Crippen LogP contribution in [0.1, 0.15) is 58.3 Å². The van der Waals surface area contributed by atoms with Crippen molar-refractivity contribution in [3.63, 3.8) is 0 Å². The summed E-state index contributed by atoms with van der Waals surface area (Å²) >= 11 is 0. The van der Waals surface area contributed by atoms with Gasteiger partial charge >= 0.3 is 11.9 Å². The quantitative estimate of drug-likeness (QED) is 0.332. The molecule has 1 aliphatic rings. The highest BCUT2D eigenvalue weighted by atomic mass is 16.5. The van der Waals surface area contributed by atoms with Crippen molar-refractivity contribution in [3.05, 3.63) is 12.2 Å². The van der Waals surface area contributed by atoms with Gasteiger partial charge in [-0.25, -0.2) is 9.59 Å². The highest BCUT2D eigenvalue weighted by Crippen LogP contribution is 2.09. The van der Waals surface area contributed by atoms with E-state index < -0.39 is 11.9 Å². The molecule has 0 aromatic rings. The average molecular weight is 325 g/mol. The molecular weight excluding hydrogens is 294 g/mol. The van der Waals surface area contributed by atoms with Crippen LogP contribution in [-0.4, -0.2) is 49.7 Å². The number of carbonyl (C=O) groups is 2. The summed E-state index contributed by atoms with van der Waals surface area (Å²) in [6.07, 6.45) is 11.1. The molecule has 1 rings (SSSR count). The van der Waals surface area contributed by atoms with E-state index in [-0.39, 0.29) is 0 Å². The van der Waals surface area contributed by atoms with E-state index in [0.29, 0.717) is 13.2 Å². The number of rotatable bonds is 11. The Bertz CT molecular complexity index is 362. The van der Waals surface area contributed by atoms with Crippen LogP contribution in [0.4, 0.5) is 0 Å². The van der Waals surface area contributed by atoms with Crippen molar-refractivity contribution in [3.8, 4) is 0 Å². The minimum atomic E-state index is -0.483. The topological polar surface area (TPSA) is 55.8 Å². The molecule has 0 atom stereocenters. The molecule has 0 spiro atoms. The van der Waals surface area contributed by atoms with Gasteiger partial charge in [0.25, 0.3) is 0 Å². The van der Waals surface area contributed by atoms with Gasteiger partial charge in [0.15, 0.2) is 0 Å². The number of nitrogens with zero attached hydrogens (tertiary/aromatic N) is 1. The Balaban J connectivity index is 1.98. The second-order valence-electron chi connectivity index (χ2n) is 5.98. The molecule has 23 heavy (non-hydrogen) atoms. The standard InChI is InChI=1S/C18H31NO4/c1-2-3-8-15-22-17(20)10-11-18(21)23-16-9-7-14-19-12-5-4-6-13-19/h10-11H,2-9,12-16H2,1H3/b11-10+. The Morgan fingerprint density at radius 3 is 2.00 bits per heavy atom. The van der Waals surface area contributed by atoms with Gasteiger partial charge in [-0.2, -0.15) is 0 Å². The third kappa shape index (κ3) is 10.9. The molecular formula is C18H31NO4. The summed E-state index contributed by atoms with van der Waals surface area (Å²) in [4.78, 5) is 25.3. The maximum absolute atomic E-state index is 11.5. The number of hydrogen-bond acceptors (Lipinski definition) is 5. The SMILES string of the molecule is CCCCCOC(=O)/C=C/C(=O)OCCCCN1CCCCC1. The highest BCUT2D eigenvalue weighted by Gasteiger charge is 2.09. The van der Waals surface area contributed by atoms with Crippen LogP contribution in [0.15, 0.2) is 12.2 Å². The lowest BCUT2D eigenvalue weighted by atomic mass is 10.1. The van der Waals surface area contributed by atoms with Gasteiger partial charge in [-0.1, -0.05) is 26.2 Å². The number of piperidine rings is 1. The van der Waals surface area contributed by atoms with E-state index >= 15 is 0 Å². The number of unbranched alkanes of at least 4 members (excludes halogenated alkanes) is 3. The van der Waals surface area contributed by atoms with Gasteiger partial charge in [0.05, 0.1) is 13.2 Å². The predicted molar refractivity (Wildman–Crippen MR) is 90.1 cm³/mol. The Kier molecular flexibility index (Phi) is 11.2. The molecule has 0 aromatic heterocycles. The Hall–Kier alpha value is -1.36. The van der Waals surface area contributed by atoms with E-state index in [1.54, 1.807) is 0 Å². The fourth-order valence-electron chi connectivity index (χ4n) is 2.55. The molecule has 1 fully saturated rings. The number of carbonyl (C=O) groups excluding carboxylic acids is 2. The first-order valence-corrected chi connectivity index (χ1v) is 8.96. The zero-order valence-electron chi connectivity index (χ0n) is 14.4. The summed E-state index contributed by atoms with van der Waals surface area (Å²) in [5, 5.41) is 0. The molecule has 1 heterocycles. The van der Waals surface area contributed by atoms with Crippen molar-refractivity contribution in [2.45, 2.75) is 58.3 Å². The Morgan fingerprint density at radius 2 is 1.43 bits per heavy atom. The van der Waals surface area contributed by atoms with Crippen LogP contribution in [0.25, 0.3) is 0 Å². The molecule has 5 heteroatoms. The molecule has 5 nitrogen and oxygen atoms in total. The Morgan fingerprint density at radius 1 is 0.870 bits per heavy atom. The molecule has 0 radical (unpaired) electrons. The lowest BCUT2D eigenvalue weighted by Crippen LogP contribution is -2.30. The zero-order chi connectivity index (χ0) is 16.8. The minimum Gasteiger partial charge on any atom is -0.463 e. The predicted octanol–water partition coefficient (Wildman–Crippen LogP) is 3.09. The van der Waals surface area contributed by atoms with E-state index in [1.165, 1.54) is 32.4 Å². The number of hydrogen-bond donors (Lipinski definition) is 0. The smallest absolute Gasteiger partial charge is 0.331 e. The van der Waals surface area contributed by atoms with Gasteiger partial charge < -0.3 is 14.4 Å². The Labute approximate surface area is 140 Å². The lowest BCUT2D eigenvalue weighted by molar-refractivity contribution is -0.140. The first-order valence-electron chi connectivity index (χ1n) is 8.96. The summed E-state index contributed by atoms with van der Waals surface area (Å²) in [7, 11) is 0. The second kappa shape index (κ2) is 13.1. The monoisotopic (exact) mass is 325 g/mol. The molecule has 1 aliphatic heterocycles. The van der Waals surface area contributed by atoms with E-state index in [0.717, 1.165) is 50.8 Å². The van der Waals surface area contributed by atoms with Crippen molar-refractivity contribution in [1.82, 2.24) is 4.90 Å². The maximum Gasteiger partial charge on any atom is 0.331 e. The van der Waals surface area contributed by atoms with E-state index in [9.17, 15) is 9.59 Å². The molecule has 0 amide bonds. The zero-order valence-corrected chi connectivity index (χ0v) is 14.4. The van der Waals surface area contributed by atoms with E-state index in [4.69, 9.17) is 9.47 Å². The summed E-state index contributed by atoms with van der Waals surface area (Å²) in [5.74, 6) is -0.961. The summed E-state index contributed by atoms with van der Waals surface area (Å²) < 4.78 is 10.0.